The number of ether oxygens (including phenoxy) is 2. The van der Waals surface area contributed by atoms with E-state index >= 15 is 0 Å². The minimum absolute atomic E-state index is 0.0797. The third kappa shape index (κ3) is 6.51. The second-order valence-electron chi connectivity index (χ2n) is 7.03. The lowest BCUT2D eigenvalue weighted by Crippen LogP contribution is -2.44. The fourth-order valence-electron chi connectivity index (χ4n) is 2.98. The molecule has 0 aromatic heterocycles. The highest BCUT2D eigenvalue weighted by Crippen LogP contribution is 2.40. The Morgan fingerprint density at radius 2 is 1.58 bits per heavy atom. The number of esters is 2. The molecule has 5 nitrogen and oxygen atoms in total. The molecule has 0 aromatic carbocycles. The van der Waals surface area contributed by atoms with Crippen molar-refractivity contribution in [3.05, 3.63) is 0 Å². The zero-order valence-electron chi connectivity index (χ0n) is 16.1. The van der Waals surface area contributed by atoms with Gasteiger partial charge in [0.1, 0.15) is 0 Å². The predicted octanol–water partition coefficient (Wildman–Crippen LogP) is 4.11. The number of nitrogens with zero attached hydrogens (tertiary/aromatic N) is 1. The van der Waals surface area contributed by atoms with Crippen molar-refractivity contribution >= 4 is 11.9 Å². The molecule has 5 heteroatoms. The van der Waals surface area contributed by atoms with Crippen LogP contribution in [0.15, 0.2) is 0 Å². The Morgan fingerprint density at radius 1 is 1.00 bits per heavy atom. The molecule has 0 heterocycles. The molecular weight excluding hydrogens is 306 g/mol. The molecule has 138 valence electrons. The molecule has 0 radical (unpaired) electrons. The number of hydrogen-bond acceptors (Lipinski definition) is 5. The van der Waals surface area contributed by atoms with Crippen molar-refractivity contribution in [2.75, 3.05) is 13.2 Å². The highest BCUT2D eigenvalue weighted by molar-refractivity contribution is 5.88. The van der Waals surface area contributed by atoms with Gasteiger partial charge < -0.3 is 9.47 Å². The molecule has 0 aliphatic carbocycles. The van der Waals surface area contributed by atoms with Crippen molar-refractivity contribution < 1.29 is 19.1 Å². The Labute approximate surface area is 146 Å². The van der Waals surface area contributed by atoms with E-state index in [2.05, 4.69) is 19.9 Å². The van der Waals surface area contributed by atoms with Gasteiger partial charge in [-0.3, -0.25) is 9.59 Å². The van der Waals surface area contributed by atoms with Crippen LogP contribution < -0.4 is 0 Å². The van der Waals surface area contributed by atoms with Crippen LogP contribution in [0.5, 0.6) is 0 Å². The molecule has 0 saturated carbocycles. The van der Waals surface area contributed by atoms with Crippen LogP contribution in [-0.2, 0) is 19.1 Å². The van der Waals surface area contributed by atoms with Crippen LogP contribution in [0.4, 0.5) is 0 Å². The molecule has 0 aliphatic heterocycles. The quantitative estimate of drug-likeness (QED) is 0.529. The second kappa shape index (κ2) is 11.1. The number of rotatable bonds is 11. The molecule has 0 N–H and O–H groups in total. The highest BCUT2D eigenvalue weighted by Gasteiger charge is 2.51. The van der Waals surface area contributed by atoms with Gasteiger partial charge in [-0.1, -0.05) is 40.5 Å². The molecule has 0 rings (SSSR count). The molecule has 24 heavy (non-hydrogen) atoms. The van der Waals surface area contributed by atoms with E-state index in [9.17, 15) is 14.9 Å². The van der Waals surface area contributed by atoms with Crippen LogP contribution >= 0.6 is 0 Å². The molecule has 0 bridgehead atoms. The molecular formula is C19H33NO4. The lowest BCUT2D eigenvalue weighted by molar-refractivity contribution is -0.166. The van der Waals surface area contributed by atoms with E-state index in [1.165, 1.54) is 0 Å². The van der Waals surface area contributed by atoms with Gasteiger partial charge in [0.25, 0.3) is 0 Å². The van der Waals surface area contributed by atoms with Gasteiger partial charge in [0, 0.05) is 0 Å². The SMILES string of the molecule is CCOC(=O)C(CCCC(C)C)C(C#N)(CC(C)C)C(=O)OCC. The van der Waals surface area contributed by atoms with Gasteiger partial charge in [-0.15, -0.1) is 0 Å². The predicted molar refractivity (Wildman–Crippen MR) is 92.9 cm³/mol. The zero-order chi connectivity index (χ0) is 18.8. The van der Waals surface area contributed by atoms with Gasteiger partial charge in [-0.25, -0.2) is 0 Å². The first kappa shape index (κ1) is 22.4. The first-order valence-corrected chi connectivity index (χ1v) is 9.00. The standard InChI is InChI=1S/C19H33NO4/c1-7-23-17(21)16(11-9-10-14(3)4)19(13-20,12-15(5)6)18(22)24-8-2/h14-16H,7-12H2,1-6H3. The summed E-state index contributed by atoms with van der Waals surface area (Å²) in [7, 11) is 0. The van der Waals surface area contributed by atoms with Crippen molar-refractivity contribution in [3.8, 4) is 6.07 Å². The average Bonchev–Trinajstić information content (AvgIpc) is 2.49. The second-order valence-corrected chi connectivity index (χ2v) is 7.03. The largest absolute Gasteiger partial charge is 0.466 e. The van der Waals surface area contributed by atoms with Crippen molar-refractivity contribution in [2.24, 2.45) is 23.2 Å². The van der Waals surface area contributed by atoms with Gasteiger partial charge in [0.05, 0.1) is 25.2 Å². The van der Waals surface area contributed by atoms with E-state index in [4.69, 9.17) is 9.47 Å². The monoisotopic (exact) mass is 339 g/mol. The molecule has 2 unspecified atom stereocenters. The maximum atomic E-state index is 12.6. The summed E-state index contributed by atoms with van der Waals surface area (Å²) in [6.07, 6.45) is 2.44. The first-order valence-electron chi connectivity index (χ1n) is 9.00. The molecule has 0 amide bonds. The first-order chi connectivity index (χ1) is 11.2. The summed E-state index contributed by atoms with van der Waals surface area (Å²) in [5, 5.41) is 9.86. The van der Waals surface area contributed by atoms with Crippen molar-refractivity contribution in [1.82, 2.24) is 0 Å². The molecule has 0 aromatic rings. The summed E-state index contributed by atoms with van der Waals surface area (Å²) in [5.74, 6) is -1.30. The maximum Gasteiger partial charge on any atom is 0.327 e. The van der Waals surface area contributed by atoms with Crippen LogP contribution in [0.25, 0.3) is 0 Å². The topological polar surface area (TPSA) is 76.4 Å². The van der Waals surface area contributed by atoms with Crippen LogP contribution in [0.1, 0.15) is 67.2 Å². The van der Waals surface area contributed by atoms with Crippen LogP contribution in [0, 0.1) is 34.5 Å². The van der Waals surface area contributed by atoms with Gasteiger partial charge >= 0.3 is 11.9 Å². The normalized spacial score (nSPS) is 14.8. The van der Waals surface area contributed by atoms with Gasteiger partial charge in [0.2, 0.25) is 0 Å². The van der Waals surface area contributed by atoms with E-state index < -0.39 is 23.3 Å². The number of nitriles is 1. The zero-order valence-corrected chi connectivity index (χ0v) is 16.1. The maximum absolute atomic E-state index is 12.6. The Balaban J connectivity index is 5.71. The average molecular weight is 339 g/mol. The van der Waals surface area contributed by atoms with Gasteiger partial charge in [-0.05, 0) is 38.5 Å². The number of carbonyl (C=O) groups is 2. The van der Waals surface area contributed by atoms with E-state index in [-0.39, 0.29) is 25.6 Å². The molecule has 2 atom stereocenters. The minimum Gasteiger partial charge on any atom is -0.466 e. The molecule has 0 spiro atoms. The van der Waals surface area contributed by atoms with Crippen molar-refractivity contribution in [2.45, 2.75) is 67.2 Å². The fraction of sp³-hybridized carbons (Fsp3) is 0.842. The molecule has 0 fully saturated rings. The Hall–Kier alpha value is -1.57. The molecule has 0 saturated heterocycles. The smallest absolute Gasteiger partial charge is 0.327 e. The summed E-state index contributed by atoms with van der Waals surface area (Å²) < 4.78 is 10.3. The summed E-state index contributed by atoms with van der Waals surface area (Å²) in [5.41, 5.74) is -1.48. The molecule has 0 aliphatic rings. The summed E-state index contributed by atoms with van der Waals surface area (Å²) in [6, 6.07) is 2.13. The van der Waals surface area contributed by atoms with Crippen LogP contribution in [-0.4, -0.2) is 25.2 Å². The van der Waals surface area contributed by atoms with Crippen LogP contribution in [0.3, 0.4) is 0 Å². The Morgan fingerprint density at radius 3 is 2.00 bits per heavy atom. The Kier molecular flexibility index (Phi) is 10.3. The van der Waals surface area contributed by atoms with Crippen molar-refractivity contribution in [3.63, 3.8) is 0 Å². The van der Waals surface area contributed by atoms with E-state index in [0.29, 0.717) is 12.3 Å². The fourth-order valence-corrected chi connectivity index (χ4v) is 2.98. The summed E-state index contributed by atoms with van der Waals surface area (Å²) >= 11 is 0. The lowest BCUT2D eigenvalue weighted by Gasteiger charge is -2.32. The third-order valence-corrected chi connectivity index (χ3v) is 4.01. The minimum atomic E-state index is -1.48. The van der Waals surface area contributed by atoms with E-state index in [1.807, 2.05) is 13.8 Å². The van der Waals surface area contributed by atoms with Crippen LogP contribution in [0.2, 0.25) is 0 Å². The van der Waals surface area contributed by atoms with Gasteiger partial charge in [-0.2, -0.15) is 5.26 Å². The highest BCUT2D eigenvalue weighted by atomic mass is 16.5. The Bertz CT molecular complexity index is 439. The summed E-state index contributed by atoms with van der Waals surface area (Å²) in [4.78, 5) is 25.2. The van der Waals surface area contributed by atoms with E-state index in [0.717, 1.165) is 12.8 Å². The lowest BCUT2D eigenvalue weighted by atomic mass is 9.69. The van der Waals surface area contributed by atoms with E-state index in [1.54, 1.807) is 13.8 Å². The number of hydrogen-bond donors (Lipinski definition) is 0. The number of carbonyl (C=O) groups excluding carboxylic acids is 2. The summed E-state index contributed by atoms with van der Waals surface area (Å²) in [6.45, 7) is 11.9. The van der Waals surface area contributed by atoms with Crippen molar-refractivity contribution in [1.29, 1.82) is 5.26 Å². The van der Waals surface area contributed by atoms with Gasteiger partial charge in [0.15, 0.2) is 5.41 Å². The third-order valence-electron chi connectivity index (χ3n) is 4.01.